The van der Waals surface area contributed by atoms with E-state index in [0.29, 0.717) is 6.42 Å². The molecule has 0 unspecified atom stereocenters. The van der Waals surface area contributed by atoms with Crippen LogP contribution in [-0.4, -0.2) is 26.2 Å². The molecule has 0 saturated carbocycles. The number of rotatable bonds is 4. The maximum absolute atomic E-state index is 11.8. The molecule has 2 atom stereocenters. The van der Waals surface area contributed by atoms with Crippen LogP contribution in [0.2, 0.25) is 0 Å². The molecule has 2 aliphatic carbocycles. The van der Waals surface area contributed by atoms with E-state index < -0.39 is 17.9 Å². The van der Waals surface area contributed by atoms with Crippen LogP contribution in [0.1, 0.15) is 39.0 Å². The number of ether oxygens (including phenoxy) is 2. The van der Waals surface area contributed by atoms with Gasteiger partial charge in [-0.3, -0.25) is 9.59 Å². The lowest BCUT2D eigenvalue weighted by Gasteiger charge is -2.39. The Morgan fingerprint density at radius 1 is 1.29 bits per heavy atom. The molecule has 21 heavy (non-hydrogen) atoms. The standard InChI is InChI=1S/C17H24O4/c1-17-8-5-4-6-13(17)10-12(7-9-17)11-14(15(18)20-2)16(19)21-3/h4,6,10,12,14H,5,7-9,11H2,1-3H3/t12-,17-/m0/s1. The van der Waals surface area contributed by atoms with Gasteiger partial charge >= 0.3 is 11.9 Å². The van der Waals surface area contributed by atoms with Crippen LogP contribution in [0.25, 0.3) is 0 Å². The molecular formula is C17H24O4. The van der Waals surface area contributed by atoms with Gasteiger partial charge < -0.3 is 9.47 Å². The van der Waals surface area contributed by atoms with E-state index in [9.17, 15) is 9.59 Å². The van der Waals surface area contributed by atoms with Gasteiger partial charge in [0.1, 0.15) is 0 Å². The van der Waals surface area contributed by atoms with Gasteiger partial charge in [-0.05, 0) is 49.0 Å². The average Bonchev–Trinajstić information content (AvgIpc) is 2.51. The van der Waals surface area contributed by atoms with Crippen molar-refractivity contribution in [2.75, 3.05) is 14.2 Å². The Morgan fingerprint density at radius 2 is 1.95 bits per heavy atom. The molecule has 116 valence electrons. The summed E-state index contributed by atoms with van der Waals surface area (Å²) in [5.74, 6) is -1.61. The average molecular weight is 292 g/mol. The molecule has 2 rings (SSSR count). The largest absolute Gasteiger partial charge is 0.468 e. The minimum Gasteiger partial charge on any atom is -0.468 e. The first-order chi connectivity index (χ1) is 10.00. The fraction of sp³-hybridized carbons (Fsp3) is 0.647. The summed E-state index contributed by atoms with van der Waals surface area (Å²) >= 11 is 0. The van der Waals surface area contributed by atoms with Crippen LogP contribution >= 0.6 is 0 Å². The van der Waals surface area contributed by atoms with E-state index in [1.54, 1.807) is 0 Å². The Bertz CT molecular complexity index is 461. The van der Waals surface area contributed by atoms with Gasteiger partial charge in [-0.1, -0.05) is 25.2 Å². The summed E-state index contributed by atoms with van der Waals surface area (Å²) in [5, 5.41) is 0. The quantitative estimate of drug-likeness (QED) is 0.590. The van der Waals surface area contributed by atoms with E-state index in [-0.39, 0.29) is 11.3 Å². The second-order valence-corrected chi connectivity index (χ2v) is 6.26. The number of methoxy groups -OCH3 is 2. The fourth-order valence-electron chi connectivity index (χ4n) is 3.39. The van der Waals surface area contributed by atoms with Gasteiger partial charge in [-0.2, -0.15) is 0 Å². The van der Waals surface area contributed by atoms with Crippen molar-refractivity contribution in [3.05, 3.63) is 23.8 Å². The maximum atomic E-state index is 11.8. The van der Waals surface area contributed by atoms with Crippen LogP contribution in [0.5, 0.6) is 0 Å². The predicted octanol–water partition coefficient (Wildman–Crippen LogP) is 3.03. The summed E-state index contributed by atoms with van der Waals surface area (Å²) in [6, 6.07) is 0. The summed E-state index contributed by atoms with van der Waals surface area (Å²) in [6.07, 6.45) is 11.5. The molecule has 0 heterocycles. The van der Waals surface area contributed by atoms with Gasteiger partial charge in [0.2, 0.25) is 0 Å². The maximum Gasteiger partial charge on any atom is 0.320 e. The molecule has 0 aromatic carbocycles. The summed E-state index contributed by atoms with van der Waals surface area (Å²) < 4.78 is 9.46. The van der Waals surface area contributed by atoms with Gasteiger partial charge in [0.15, 0.2) is 5.92 Å². The van der Waals surface area contributed by atoms with Gasteiger partial charge in [0.25, 0.3) is 0 Å². The van der Waals surface area contributed by atoms with Crippen molar-refractivity contribution in [1.82, 2.24) is 0 Å². The highest BCUT2D eigenvalue weighted by Gasteiger charge is 2.37. The zero-order chi connectivity index (χ0) is 15.5. The second kappa shape index (κ2) is 6.46. The Morgan fingerprint density at radius 3 is 2.57 bits per heavy atom. The minimum atomic E-state index is -0.821. The Kier molecular flexibility index (Phi) is 4.86. The molecule has 0 spiro atoms. The van der Waals surface area contributed by atoms with Crippen LogP contribution in [-0.2, 0) is 19.1 Å². The van der Waals surface area contributed by atoms with Gasteiger partial charge in [-0.15, -0.1) is 0 Å². The van der Waals surface area contributed by atoms with Gasteiger partial charge in [0, 0.05) is 0 Å². The number of fused-ring (bicyclic) bond motifs is 1. The summed E-state index contributed by atoms with van der Waals surface area (Å²) in [4.78, 5) is 23.5. The molecule has 0 fully saturated rings. The smallest absolute Gasteiger partial charge is 0.320 e. The second-order valence-electron chi connectivity index (χ2n) is 6.26. The zero-order valence-electron chi connectivity index (χ0n) is 13.1. The molecule has 0 N–H and O–H groups in total. The zero-order valence-corrected chi connectivity index (χ0v) is 13.1. The molecular weight excluding hydrogens is 268 g/mol. The third-order valence-corrected chi connectivity index (χ3v) is 4.85. The van der Waals surface area contributed by atoms with E-state index in [1.807, 2.05) is 0 Å². The highest BCUT2D eigenvalue weighted by atomic mass is 16.5. The van der Waals surface area contributed by atoms with Gasteiger partial charge in [-0.25, -0.2) is 0 Å². The molecule has 2 aliphatic rings. The first-order valence-corrected chi connectivity index (χ1v) is 7.54. The van der Waals surface area contributed by atoms with Crippen molar-refractivity contribution in [1.29, 1.82) is 0 Å². The van der Waals surface area contributed by atoms with Crippen molar-refractivity contribution in [3.8, 4) is 0 Å². The van der Waals surface area contributed by atoms with Crippen molar-refractivity contribution in [2.24, 2.45) is 17.3 Å². The molecule has 0 bridgehead atoms. The van der Waals surface area contributed by atoms with Crippen molar-refractivity contribution >= 4 is 11.9 Å². The van der Waals surface area contributed by atoms with E-state index in [1.165, 1.54) is 26.2 Å². The van der Waals surface area contributed by atoms with E-state index in [2.05, 4.69) is 25.2 Å². The fourth-order valence-corrected chi connectivity index (χ4v) is 3.39. The molecule has 0 radical (unpaired) electrons. The molecule has 0 aliphatic heterocycles. The van der Waals surface area contributed by atoms with Crippen molar-refractivity contribution in [3.63, 3.8) is 0 Å². The molecule has 0 amide bonds. The molecule has 4 heteroatoms. The molecule has 0 aromatic heterocycles. The third kappa shape index (κ3) is 3.36. The number of hydrogen-bond acceptors (Lipinski definition) is 4. The molecule has 4 nitrogen and oxygen atoms in total. The van der Waals surface area contributed by atoms with Crippen LogP contribution in [0.3, 0.4) is 0 Å². The number of carbonyl (C=O) groups is 2. The lowest BCUT2D eigenvalue weighted by Crippen LogP contribution is -2.31. The lowest BCUT2D eigenvalue weighted by atomic mass is 9.66. The normalized spacial score (nSPS) is 27.8. The third-order valence-electron chi connectivity index (χ3n) is 4.85. The Hall–Kier alpha value is -1.58. The monoisotopic (exact) mass is 292 g/mol. The first-order valence-electron chi connectivity index (χ1n) is 7.54. The highest BCUT2D eigenvalue weighted by Crippen LogP contribution is 2.46. The van der Waals surface area contributed by atoms with Crippen LogP contribution < -0.4 is 0 Å². The summed E-state index contributed by atoms with van der Waals surface area (Å²) in [5.41, 5.74) is 1.61. The summed E-state index contributed by atoms with van der Waals surface area (Å²) in [7, 11) is 2.61. The SMILES string of the molecule is COC(=O)C(C[C@@H]1C=C2C=CCC[C@@]2(C)CC1)C(=O)OC. The minimum absolute atomic E-state index is 0.221. The number of allylic oxidation sites excluding steroid dienone is 4. The highest BCUT2D eigenvalue weighted by molar-refractivity contribution is 5.94. The number of carbonyl (C=O) groups excluding carboxylic acids is 2. The van der Waals surface area contributed by atoms with E-state index in [0.717, 1.165) is 19.3 Å². The Balaban J connectivity index is 2.13. The van der Waals surface area contributed by atoms with Crippen LogP contribution in [0.15, 0.2) is 23.8 Å². The van der Waals surface area contributed by atoms with Crippen LogP contribution in [0, 0.1) is 17.3 Å². The lowest BCUT2D eigenvalue weighted by molar-refractivity contribution is -0.159. The van der Waals surface area contributed by atoms with E-state index >= 15 is 0 Å². The Labute approximate surface area is 126 Å². The van der Waals surface area contributed by atoms with E-state index in [4.69, 9.17) is 9.47 Å². The number of esters is 2. The molecule has 0 aromatic rings. The van der Waals surface area contributed by atoms with Gasteiger partial charge in [0.05, 0.1) is 14.2 Å². The first kappa shape index (κ1) is 15.8. The number of hydrogen-bond donors (Lipinski definition) is 0. The van der Waals surface area contributed by atoms with Crippen molar-refractivity contribution in [2.45, 2.75) is 39.0 Å². The van der Waals surface area contributed by atoms with Crippen LogP contribution in [0.4, 0.5) is 0 Å². The summed E-state index contributed by atoms with van der Waals surface area (Å²) in [6.45, 7) is 2.30. The predicted molar refractivity (Wildman–Crippen MR) is 79.4 cm³/mol. The topological polar surface area (TPSA) is 52.6 Å². The van der Waals surface area contributed by atoms with Crippen molar-refractivity contribution < 1.29 is 19.1 Å². The molecule has 0 saturated heterocycles.